The van der Waals surface area contributed by atoms with Crippen LogP contribution in [0, 0.1) is 5.92 Å². The molecule has 70 valence electrons. The fourth-order valence-electron chi connectivity index (χ4n) is 1.53. The predicted molar refractivity (Wildman–Crippen MR) is 45.6 cm³/mol. The number of piperidine rings is 1. The highest BCUT2D eigenvalue weighted by Gasteiger charge is 2.31. The van der Waals surface area contributed by atoms with Crippen LogP contribution in [-0.2, 0) is 9.53 Å². The summed E-state index contributed by atoms with van der Waals surface area (Å²) in [6.45, 7) is 1.68. The summed E-state index contributed by atoms with van der Waals surface area (Å²) in [7, 11) is 3.39. The number of carbonyl (C=O) groups is 1. The van der Waals surface area contributed by atoms with Gasteiger partial charge in [-0.2, -0.15) is 0 Å². The molecular weight excluding hydrogens is 156 g/mol. The van der Waals surface area contributed by atoms with Gasteiger partial charge in [0.15, 0.2) is 0 Å². The average Bonchev–Trinajstić information content (AvgIpc) is 2.08. The van der Waals surface area contributed by atoms with Crippen molar-refractivity contribution in [1.82, 2.24) is 4.90 Å². The zero-order valence-electron chi connectivity index (χ0n) is 7.62. The molecule has 4 heteroatoms. The Morgan fingerprint density at radius 1 is 1.67 bits per heavy atom. The predicted octanol–water partition coefficient (Wildman–Crippen LogP) is -0.562. The molecule has 0 aromatic rings. The smallest absolute Gasteiger partial charge is 0.311 e. The van der Waals surface area contributed by atoms with Crippen LogP contribution >= 0.6 is 0 Å². The van der Waals surface area contributed by atoms with Crippen molar-refractivity contribution >= 4 is 5.97 Å². The molecule has 0 aliphatic carbocycles. The molecule has 0 saturated carbocycles. The second-order valence-electron chi connectivity index (χ2n) is 3.34. The van der Waals surface area contributed by atoms with Gasteiger partial charge in [-0.1, -0.05) is 0 Å². The van der Waals surface area contributed by atoms with Gasteiger partial charge in [0.25, 0.3) is 0 Å². The Labute approximate surface area is 72.7 Å². The second kappa shape index (κ2) is 3.87. The number of nitrogens with two attached hydrogens (primary N) is 1. The van der Waals surface area contributed by atoms with Gasteiger partial charge in [-0.3, -0.25) is 4.79 Å². The van der Waals surface area contributed by atoms with Crippen LogP contribution < -0.4 is 5.73 Å². The van der Waals surface area contributed by atoms with Gasteiger partial charge in [0.2, 0.25) is 0 Å². The summed E-state index contributed by atoms with van der Waals surface area (Å²) in [6.07, 6.45) is 0.871. The van der Waals surface area contributed by atoms with E-state index in [2.05, 4.69) is 9.64 Å². The molecular formula is C8H16N2O2. The molecule has 1 heterocycles. The van der Waals surface area contributed by atoms with Gasteiger partial charge >= 0.3 is 5.97 Å². The summed E-state index contributed by atoms with van der Waals surface area (Å²) in [5, 5.41) is 0. The summed E-state index contributed by atoms with van der Waals surface area (Å²) in [6, 6.07) is -0.0337. The SMILES string of the molecule is COC(=O)C1CN(C)CC[C@@H]1N. The Bertz CT molecular complexity index is 172. The molecule has 0 radical (unpaired) electrons. The van der Waals surface area contributed by atoms with E-state index in [0.29, 0.717) is 6.54 Å². The molecule has 1 aliphatic heterocycles. The first kappa shape index (κ1) is 9.48. The number of methoxy groups -OCH3 is 1. The van der Waals surface area contributed by atoms with E-state index in [0.717, 1.165) is 13.0 Å². The second-order valence-corrected chi connectivity index (χ2v) is 3.34. The minimum absolute atomic E-state index is 0.0337. The zero-order chi connectivity index (χ0) is 9.14. The highest BCUT2D eigenvalue weighted by atomic mass is 16.5. The molecule has 1 aliphatic rings. The summed E-state index contributed by atoms with van der Waals surface area (Å²) in [4.78, 5) is 13.3. The first-order chi connectivity index (χ1) is 5.65. The quantitative estimate of drug-likeness (QED) is 0.539. The van der Waals surface area contributed by atoms with E-state index in [9.17, 15) is 4.79 Å². The Morgan fingerprint density at radius 2 is 2.33 bits per heavy atom. The third-order valence-corrected chi connectivity index (χ3v) is 2.37. The van der Waals surface area contributed by atoms with Crippen molar-refractivity contribution < 1.29 is 9.53 Å². The molecule has 0 aromatic heterocycles. The van der Waals surface area contributed by atoms with Crippen LogP contribution in [0.4, 0.5) is 0 Å². The summed E-state index contributed by atoms with van der Waals surface area (Å²) >= 11 is 0. The number of likely N-dealkylation sites (tertiary alicyclic amines) is 1. The minimum Gasteiger partial charge on any atom is -0.469 e. The maximum Gasteiger partial charge on any atom is 0.311 e. The van der Waals surface area contributed by atoms with Gasteiger partial charge in [0.1, 0.15) is 0 Å². The standard InChI is InChI=1S/C8H16N2O2/c1-10-4-3-7(9)6(5-10)8(11)12-2/h6-7H,3-5,9H2,1-2H3/t6?,7-/m0/s1. The minimum atomic E-state index is -0.186. The van der Waals surface area contributed by atoms with E-state index in [1.807, 2.05) is 7.05 Å². The first-order valence-corrected chi connectivity index (χ1v) is 4.17. The molecule has 1 saturated heterocycles. The van der Waals surface area contributed by atoms with E-state index in [-0.39, 0.29) is 17.9 Å². The van der Waals surface area contributed by atoms with Crippen molar-refractivity contribution in [3.63, 3.8) is 0 Å². The van der Waals surface area contributed by atoms with Crippen molar-refractivity contribution in [2.24, 2.45) is 11.7 Å². The molecule has 0 spiro atoms. The number of esters is 1. The Balaban J connectivity index is 2.54. The average molecular weight is 172 g/mol. The normalized spacial score (nSPS) is 31.6. The number of ether oxygens (including phenoxy) is 1. The molecule has 4 nitrogen and oxygen atoms in total. The van der Waals surface area contributed by atoms with Crippen molar-refractivity contribution in [3.05, 3.63) is 0 Å². The topological polar surface area (TPSA) is 55.6 Å². The molecule has 0 aromatic carbocycles. The molecule has 12 heavy (non-hydrogen) atoms. The number of hydrogen-bond acceptors (Lipinski definition) is 4. The fraction of sp³-hybridized carbons (Fsp3) is 0.875. The van der Waals surface area contributed by atoms with Gasteiger partial charge in [-0.15, -0.1) is 0 Å². The van der Waals surface area contributed by atoms with Crippen LogP contribution in [0.5, 0.6) is 0 Å². The first-order valence-electron chi connectivity index (χ1n) is 4.17. The monoisotopic (exact) mass is 172 g/mol. The van der Waals surface area contributed by atoms with E-state index >= 15 is 0 Å². The summed E-state index contributed by atoms with van der Waals surface area (Å²) in [5.74, 6) is -0.331. The van der Waals surface area contributed by atoms with Gasteiger partial charge in [0.05, 0.1) is 13.0 Å². The van der Waals surface area contributed by atoms with Gasteiger partial charge < -0.3 is 15.4 Å². The van der Waals surface area contributed by atoms with Crippen LogP contribution in [0.25, 0.3) is 0 Å². The van der Waals surface area contributed by atoms with Crippen molar-refractivity contribution in [2.75, 3.05) is 27.2 Å². The number of rotatable bonds is 1. The highest BCUT2D eigenvalue weighted by Crippen LogP contribution is 2.15. The Kier molecular flexibility index (Phi) is 3.05. The van der Waals surface area contributed by atoms with Crippen molar-refractivity contribution in [1.29, 1.82) is 0 Å². The fourth-order valence-corrected chi connectivity index (χ4v) is 1.53. The largest absolute Gasteiger partial charge is 0.469 e. The van der Waals surface area contributed by atoms with Crippen LogP contribution in [0.3, 0.4) is 0 Å². The molecule has 1 fully saturated rings. The van der Waals surface area contributed by atoms with E-state index < -0.39 is 0 Å². The van der Waals surface area contributed by atoms with Crippen LogP contribution in [0.15, 0.2) is 0 Å². The lowest BCUT2D eigenvalue weighted by atomic mass is 9.93. The number of hydrogen-bond donors (Lipinski definition) is 1. The molecule has 2 atom stereocenters. The number of nitrogens with zero attached hydrogens (tertiary/aromatic N) is 1. The summed E-state index contributed by atoms with van der Waals surface area (Å²) in [5.41, 5.74) is 5.79. The zero-order valence-corrected chi connectivity index (χ0v) is 7.62. The molecule has 0 amide bonds. The maximum absolute atomic E-state index is 11.2. The van der Waals surface area contributed by atoms with Gasteiger partial charge in [0, 0.05) is 12.6 Å². The highest BCUT2D eigenvalue weighted by molar-refractivity contribution is 5.73. The van der Waals surface area contributed by atoms with E-state index in [4.69, 9.17) is 5.73 Å². The van der Waals surface area contributed by atoms with Crippen LogP contribution in [0.1, 0.15) is 6.42 Å². The Morgan fingerprint density at radius 3 is 2.92 bits per heavy atom. The van der Waals surface area contributed by atoms with Crippen LogP contribution in [-0.4, -0.2) is 44.2 Å². The summed E-state index contributed by atoms with van der Waals surface area (Å²) < 4.78 is 4.66. The molecule has 0 bridgehead atoms. The van der Waals surface area contributed by atoms with Crippen molar-refractivity contribution in [3.8, 4) is 0 Å². The number of carbonyl (C=O) groups excluding carboxylic acids is 1. The molecule has 1 unspecified atom stereocenters. The lowest BCUT2D eigenvalue weighted by Gasteiger charge is -2.32. The lowest BCUT2D eigenvalue weighted by molar-refractivity contribution is -0.147. The third kappa shape index (κ3) is 1.95. The van der Waals surface area contributed by atoms with Gasteiger partial charge in [-0.05, 0) is 20.0 Å². The van der Waals surface area contributed by atoms with Gasteiger partial charge in [-0.25, -0.2) is 0 Å². The lowest BCUT2D eigenvalue weighted by Crippen LogP contribution is -2.49. The van der Waals surface area contributed by atoms with E-state index in [1.54, 1.807) is 0 Å². The van der Waals surface area contributed by atoms with Crippen molar-refractivity contribution in [2.45, 2.75) is 12.5 Å². The van der Waals surface area contributed by atoms with E-state index in [1.165, 1.54) is 7.11 Å². The Hall–Kier alpha value is -0.610. The molecule has 1 rings (SSSR count). The van der Waals surface area contributed by atoms with Crippen LogP contribution in [0.2, 0.25) is 0 Å². The molecule has 2 N–H and O–H groups in total. The third-order valence-electron chi connectivity index (χ3n) is 2.37. The maximum atomic E-state index is 11.2.